The fourth-order valence-corrected chi connectivity index (χ4v) is 2.12. The lowest BCUT2D eigenvalue weighted by atomic mass is 10.2. The van der Waals surface area contributed by atoms with Crippen LogP contribution in [0, 0.1) is 22.7 Å². The number of hydrogen-bond acceptors (Lipinski definition) is 5. The number of ether oxygens (including phenoxy) is 1. The Hall–Kier alpha value is -4.02. The Bertz CT molecular complexity index is 1050. The van der Waals surface area contributed by atoms with Gasteiger partial charge in [0.1, 0.15) is 17.9 Å². The molecule has 2 aromatic carbocycles. The third kappa shape index (κ3) is 7.19. The third-order valence-electron chi connectivity index (χ3n) is 3.25. The Morgan fingerprint density at radius 3 is 2.23 bits per heavy atom. The minimum Gasteiger partial charge on any atom is -0.406 e. The number of rotatable bonds is 5. The van der Waals surface area contributed by atoms with Crippen molar-refractivity contribution in [3.63, 3.8) is 0 Å². The molecule has 0 unspecified atom stereocenters. The second kappa shape index (κ2) is 9.96. The Morgan fingerprint density at radius 2 is 1.70 bits per heavy atom. The van der Waals surface area contributed by atoms with E-state index < -0.39 is 23.8 Å². The predicted octanol–water partition coefficient (Wildman–Crippen LogP) is 4.74. The lowest BCUT2D eigenvalue weighted by Gasteiger charge is -2.10. The number of urea groups is 1. The molecule has 2 N–H and O–H groups in total. The summed E-state index contributed by atoms with van der Waals surface area (Å²) in [5.41, 5.74) is -0.0358. The van der Waals surface area contributed by atoms with Crippen molar-refractivity contribution in [1.29, 1.82) is 10.5 Å². The SMILES string of the molecule is N#C/C(N=Cc1ccc(Cl)cc1)=C(/C#N)NC(=O)Nc1ccc(OC(F)(F)F)cc1. The number of anilines is 1. The molecule has 30 heavy (non-hydrogen) atoms. The zero-order valence-electron chi connectivity index (χ0n) is 14.9. The highest BCUT2D eigenvalue weighted by molar-refractivity contribution is 6.30. The van der Waals surface area contributed by atoms with Crippen LogP contribution >= 0.6 is 11.6 Å². The van der Waals surface area contributed by atoms with Gasteiger partial charge < -0.3 is 10.1 Å². The van der Waals surface area contributed by atoms with Crippen molar-refractivity contribution in [2.45, 2.75) is 6.36 Å². The zero-order valence-corrected chi connectivity index (χ0v) is 15.6. The molecule has 2 rings (SSSR count). The number of nitriles is 2. The van der Waals surface area contributed by atoms with Gasteiger partial charge in [0.2, 0.25) is 0 Å². The average Bonchev–Trinajstić information content (AvgIpc) is 2.69. The van der Waals surface area contributed by atoms with Crippen molar-refractivity contribution in [1.82, 2.24) is 5.32 Å². The molecule has 0 aliphatic heterocycles. The largest absolute Gasteiger partial charge is 0.573 e. The lowest BCUT2D eigenvalue weighted by molar-refractivity contribution is -0.274. The number of benzene rings is 2. The van der Waals surface area contributed by atoms with Gasteiger partial charge in [-0.3, -0.25) is 5.32 Å². The molecule has 0 atom stereocenters. The number of carbonyl (C=O) groups excluding carboxylic acids is 1. The molecule has 0 aliphatic carbocycles. The molecule has 0 saturated carbocycles. The molecular weight excluding hydrogens is 423 g/mol. The predicted molar refractivity (Wildman–Crippen MR) is 103 cm³/mol. The van der Waals surface area contributed by atoms with Crippen LogP contribution in [0.3, 0.4) is 0 Å². The Kier molecular flexibility index (Phi) is 7.39. The van der Waals surface area contributed by atoms with E-state index in [2.05, 4.69) is 20.4 Å². The average molecular weight is 434 g/mol. The molecule has 0 heterocycles. The highest BCUT2D eigenvalue weighted by atomic mass is 35.5. The number of nitrogens with zero attached hydrogens (tertiary/aromatic N) is 3. The summed E-state index contributed by atoms with van der Waals surface area (Å²) in [5, 5.41) is 23.4. The molecule has 0 bridgehead atoms. The zero-order chi connectivity index (χ0) is 22.1. The van der Waals surface area contributed by atoms with Gasteiger partial charge in [0.15, 0.2) is 11.4 Å². The topological polar surface area (TPSA) is 110 Å². The summed E-state index contributed by atoms with van der Waals surface area (Å²) in [6, 6.07) is 13.3. The van der Waals surface area contributed by atoms with Gasteiger partial charge in [-0.15, -0.1) is 13.2 Å². The highest BCUT2D eigenvalue weighted by Crippen LogP contribution is 2.23. The van der Waals surface area contributed by atoms with Crippen LogP contribution in [-0.4, -0.2) is 18.6 Å². The van der Waals surface area contributed by atoms with Crippen LogP contribution < -0.4 is 15.4 Å². The first-order chi connectivity index (χ1) is 14.2. The maximum Gasteiger partial charge on any atom is 0.573 e. The van der Waals surface area contributed by atoms with Gasteiger partial charge >= 0.3 is 12.4 Å². The fourth-order valence-electron chi connectivity index (χ4n) is 1.99. The van der Waals surface area contributed by atoms with Gasteiger partial charge in [-0.2, -0.15) is 10.5 Å². The van der Waals surface area contributed by atoms with Crippen molar-refractivity contribution >= 4 is 29.5 Å². The molecule has 0 spiro atoms. The maximum atomic E-state index is 12.2. The summed E-state index contributed by atoms with van der Waals surface area (Å²) < 4.78 is 40.2. The number of alkyl halides is 3. The minimum absolute atomic E-state index is 0.127. The quantitative estimate of drug-likeness (QED) is 0.524. The van der Waals surface area contributed by atoms with Crippen LogP contribution in [0.15, 0.2) is 64.9 Å². The van der Waals surface area contributed by atoms with E-state index in [1.165, 1.54) is 18.3 Å². The summed E-state index contributed by atoms with van der Waals surface area (Å²) >= 11 is 5.77. The Labute approximate surface area is 173 Å². The molecule has 7 nitrogen and oxygen atoms in total. The molecular formula is C19H11ClF3N5O2. The van der Waals surface area contributed by atoms with Gasteiger partial charge in [0, 0.05) is 16.9 Å². The summed E-state index contributed by atoms with van der Waals surface area (Å²) in [6.45, 7) is 0. The first-order valence-corrected chi connectivity index (χ1v) is 8.36. The second-order valence-corrected chi connectivity index (χ2v) is 5.84. The Balaban J connectivity index is 2.07. The lowest BCUT2D eigenvalue weighted by Crippen LogP contribution is -2.28. The number of carbonyl (C=O) groups is 1. The van der Waals surface area contributed by atoms with Crippen LogP contribution in [0.2, 0.25) is 5.02 Å². The molecule has 0 aliphatic rings. The summed E-state index contributed by atoms with van der Waals surface area (Å²) in [6.07, 6.45) is -3.52. The van der Waals surface area contributed by atoms with E-state index in [-0.39, 0.29) is 11.4 Å². The van der Waals surface area contributed by atoms with E-state index >= 15 is 0 Å². The van der Waals surface area contributed by atoms with Gasteiger partial charge in [-0.25, -0.2) is 9.79 Å². The number of aliphatic imine (C=N–C) groups is 1. The van der Waals surface area contributed by atoms with Crippen LogP contribution in [0.25, 0.3) is 0 Å². The van der Waals surface area contributed by atoms with Crippen LogP contribution in [0.4, 0.5) is 23.7 Å². The van der Waals surface area contributed by atoms with E-state index in [1.807, 2.05) is 0 Å². The number of amides is 2. The summed E-state index contributed by atoms with van der Waals surface area (Å²) in [5.74, 6) is -0.464. The molecule has 2 amide bonds. The molecule has 0 fully saturated rings. The van der Waals surface area contributed by atoms with Crippen molar-refractivity contribution in [3.05, 3.63) is 70.5 Å². The molecule has 152 valence electrons. The number of allylic oxidation sites excluding steroid dienone is 2. The normalized spacial score (nSPS) is 11.8. The van der Waals surface area contributed by atoms with Crippen LogP contribution in [-0.2, 0) is 0 Å². The van der Waals surface area contributed by atoms with E-state index in [1.54, 1.807) is 36.4 Å². The number of halogens is 4. The van der Waals surface area contributed by atoms with Crippen molar-refractivity contribution in [3.8, 4) is 17.9 Å². The smallest absolute Gasteiger partial charge is 0.406 e. The van der Waals surface area contributed by atoms with Crippen LogP contribution in [0.5, 0.6) is 5.75 Å². The fraction of sp³-hybridized carbons (Fsp3) is 0.0526. The first-order valence-electron chi connectivity index (χ1n) is 7.98. The van der Waals surface area contributed by atoms with Crippen molar-refractivity contribution < 1.29 is 22.7 Å². The summed E-state index contributed by atoms with van der Waals surface area (Å²) in [7, 11) is 0. The van der Waals surface area contributed by atoms with Crippen LogP contribution in [0.1, 0.15) is 5.56 Å². The second-order valence-electron chi connectivity index (χ2n) is 5.41. The van der Waals surface area contributed by atoms with Gasteiger partial charge in [0.25, 0.3) is 0 Å². The molecule has 0 radical (unpaired) electrons. The first kappa shape index (κ1) is 22.3. The molecule has 0 saturated heterocycles. The monoisotopic (exact) mass is 433 g/mol. The number of hydrogen-bond donors (Lipinski definition) is 2. The van der Waals surface area contributed by atoms with E-state index in [0.29, 0.717) is 10.6 Å². The van der Waals surface area contributed by atoms with Crippen molar-refractivity contribution in [2.75, 3.05) is 5.32 Å². The van der Waals surface area contributed by atoms with Gasteiger partial charge in [-0.1, -0.05) is 23.7 Å². The van der Waals surface area contributed by atoms with Crippen molar-refractivity contribution in [2.24, 2.45) is 4.99 Å². The highest BCUT2D eigenvalue weighted by Gasteiger charge is 2.30. The van der Waals surface area contributed by atoms with Gasteiger partial charge in [0.05, 0.1) is 0 Å². The van der Waals surface area contributed by atoms with E-state index in [4.69, 9.17) is 11.6 Å². The Morgan fingerprint density at radius 1 is 1.07 bits per heavy atom. The molecule has 11 heteroatoms. The maximum absolute atomic E-state index is 12.2. The van der Waals surface area contributed by atoms with E-state index in [0.717, 1.165) is 12.1 Å². The number of nitrogens with one attached hydrogen (secondary N) is 2. The summed E-state index contributed by atoms with van der Waals surface area (Å²) in [4.78, 5) is 15.9. The molecule has 2 aromatic rings. The minimum atomic E-state index is -4.83. The standard InChI is InChI=1S/C19H11ClF3N5O2/c20-13-3-1-12(2-4-13)11-26-16(9-24)17(10-25)28-18(29)27-14-5-7-15(8-6-14)30-19(21,22)23/h1-8,11H,(H2,27,28,29)/b17-16+,26-11?. The van der Waals surface area contributed by atoms with Gasteiger partial charge in [-0.05, 0) is 42.0 Å². The third-order valence-corrected chi connectivity index (χ3v) is 3.50. The molecule has 0 aromatic heterocycles. The van der Waals surface area contributed by atoms with E-state index in [9.17, 15) is 28.5 Å².